The molecular formula is C24H32N2O3. The molecule has 0 aromatic heterocycles. The average Bonchev–Trinajstić information content (AvgIpc) is 2.99. The Bertz CT molecular complexity index is 734. The Labute approximate surface area is 174 Å². The number of methoxy groups -OCH3 is 1. The van der Waals surface area contributed by atoms with E-state index in [4.69, 9.17) is 9.47 Å². The topological polar surface area (TPSA) is 42.0 Å². The predicted molar refractivity (Wildman–Crippen MR) is 115 cm³/mol. The van der Waals surface area contributed by atoms with Crippen molar-refractivity contribution >= 4 is 5.97 Å². The summed E-state index contributed by atoms with van der Waals surface area (Å²) in [6.45, 7) is 6.86. The van der Waals surface area contributed by atoms with E-state index in [1.54, 1.807) is 0 Å². The van der Waals surface area contributed by atoms with E-state index in [2.05, 4.69) is 46.2 Å². The number of hydrogen-bond donors (Lipinski definition) is 0. The molecule has 1 fully saturated rings. The molecule has 1 aliphatic rings. The Morgan fingerprint density at radius 2 is 1.62 bits per heavy atom. The van der Waals surface area contributed by atoms with E-state index in [9.17, 15) is 4.79 Å². The summed E-state index contributed by atoms with van der Waals surface area (Å²) in [7, 11) is 1.45. The first-order chi connectivity index (χ1) is 14.2. The molecule has 2 aromatic carbocycles. The maximum atomic E-state index is 11.3. The van der Waals surface area contributed by atoms with Crippen LogP contribution in [-0.2, 0) is 22.7 Å². The van der Waals surface area contributed by atoms with Crippen LogP contribution >= 0.6 is 0 Å². The SMILES string of the molecule is COC(=O)CCCN1CCCN(Cc2ccc(OCc3ccccc3)cc2)CC1. The average molecular weight is 397 g/mol. The zero-order valence-electron chi connectivity index (χ0n) is 17.4. The summed E-state index contributed by atoms with van der Waals surface area (Å²) in [4.78, 5) is 16.2. The van der Waals surface area contributed by atoms with Crippen LogP contribution in [0.25, 0.3) is 0 Å². The Kier molecular flexibility index (Phi) is 8.53. The molecule has 1 heterocycles. The zero-order chi connectivity index (χ0) is 20.3. The number of benzene rings is 2. The summed E-state index contributed by atoms with van der Waals surface area (Å²) in [6.07, 6.45) is 2.54. The standard InChI is InChI=1S/C24H32N2O3/c1-28-24(27)9-5-14-25-15-6-16-26(18-17-25)19-21-10-12-23(13-11-21)29-20-22-7-3-2-4-8-22/h2-4,7-8,10-13H,5-6,9,14-20H2,1H3. The molecule has 2 aromatic rings. The summed E-state index contributed by atoms with van der Waals surface area (Å²) >= 11 is 0. The van der Waals surface area contributed by atoms with Crippen LogP contribution in [0.15, 0.2) is 54.6 Å². The number of esters is 1. The molecule has 0 atom stereocenters. The van der Waals surface area contributed by atoms with Crippen LogP contribution in [0.1, 0.15) is 30.4 Å². The number of nitrogens with zero attached hydrogens (tertiary/aromatic N) is 2. The van der Waals surface area contributed by atoms with E-state index in [1.165, 1.54) is 18.2 Å². The van der Waals surface area contributed by atoms with Crippen LogP contribution in [0.2, 0.25) is 0 Å². The highest BCUT2D eigenvalue weighted by Crippen LogP contribution is 2.16. The smallest absolute Gasteiger partial charge is 0.305 e. The van der Waals surface area contributed by atoms with Crippen molar-refractivity contribution in [1.29, 1.82) is 0 Å². The van der Waals surface area contributed by atoms with Gasteiger partial charge in [-0.25, -0.2) is 0 Å². The van der Waals surface area contributed by atoms with Gasteiger partial charge in [-0.2, -0.15) is 0 Å². The molecule has 0 aliphatic carbocycles. The normalized spacial score (nSPS) is 15.6. The summed E-state index contributed by atoms with van der Waals surface area (Å²) in [5, 5.41) is 0. The summed E-state index contributed by atoms with van der Waals surface area (Å²) in [5.74, 6) is 0.794. The van der Waals surface area contributed by atoms with Crippen LogP contribution in [0.4, 0.5) is 0 Å². The van der Waals surface area contributed by atoms with Crippen LogP contribution in [-0.4, -0.2) is 55.6 Å². The van der Waals surface area contributed by atoms with Crippen molar-refractivity contribution in [3.8, 4) is 5.75 Å². The first-order valence-electron chi connectivity index (χ1n) is 10.5. The third-order valence-electron chi connectivity index (χ3n) is 5.34. The molecule has 5 nitrogen and oxygen atoms in total. The van der Waals surface area contributed by atoms with Gasteiger partial charge in [0.25, 0.3) is 0 Å². The molecule has 5 heteroatoms. The first-order valence-corrected chi connectivity index (χ1v) is 10.5. The predicted octanol–water partition coefficient (Wildman–Crippen LogP) is 3.73. The van der Waals surface area contributed by atoms with Gasteiger partial charge in [0.1, 0.15) is 12.4 Å². The molecule has 0 radical (unpaired) electrons. The molecule has 0 unspecified atom stereocenters. The Morgan fingerprint density at radius 1 is 0.897 bits per heavy atom. The van der Waals surface area contributed by atoms with Gasteiger partial charge in [0.15, 0.2) is 0 Å². The molecular weight excluding hydrogens is 364 g/mol. The van der Waals surface area contributed by atoms with Gasteiger partial charge in [-0.05, 0) is 55.7 Å². The van der Waals surface area contributed by atoms with Crippen molar-refractivity contribution < 1.29 is 14.3 Å². The number of ether oxygens (including phenoxy) is 2. The largest absolute Gasteiger partial charge is 0.489 e. The Hall–Kier alpha value is -2.37. The second-order valence-electron chi connectivity index (χ2n) is 7.57. The molecule has 0 N–H and O–H groups in total. The van der Waals surface area contributed by atoms with Crippen molar-refractivity contribution in [2.45, 2.75) is 32.4 Å². The lowest BCUT2D eigenvalue weighted by molar-refractivity contribution is -0.140. The van der Waals surface area contributed by atoms with Gasteiger partial charge in [-0.3, -0.25) is 9.69 Å². The van der Waals surface area contributed by atoms with E-state index in [0.717, 1.165) is 57.9 Å². The molecule has 0 amide bonds. The van der Waals surface area contributed by atoms with Crippen LogP contribution in [0, 0.1) is 0 Å². The molecule has 29 heavy (non-hydrogen) atoms. The molecule has 0 bridgehead atoms. The summed E-state index contributed by atoms with van der Waals surface area (Å²) in [5.41, 5.74) is 2.49. The lowest BCUT2D eigenvalue weighted by atomic mass is 10.2. The minimum Gasteiger partial charge on any atom is -0.489 e. The van der Waals surface area contributed by atoms with E-state index >= 15 is 0 Å². The minimum atomic E-state index is -0.113. The molecule has 156 valence electrons. The van der Waals surface area contributed by atoms with Gasteiger partial charge < -0.3 is 14.4 Å². The molecule has 3 rings (SSSR count). The minimum absolute atomic E-state index is 0.113. The number of carbonyl (C=O) groups is 1. The third kappa shape index (κ3) is 7.52. The van der Waals surface area contributed by atoms with E-state index in [-0.39, 0.29) is 5.97 Å². The highest BCUT2D eigenvalue weighted by Gasteiger charge is 2.15. The zero-order valence-corrected chi connectivity index (χ0v) is 17.4. The lowest BCUT2D eigenvalue weighted by Gasteiger charge is -2.21. The number of rotatable bonds is 9. The van der Waals surface area contributed by atoms with Gasteiger partial charge in [-0.1, -0.05) is 42.5 Å². The van der Waals surface area contributed by atoms with Gasteiger partial charge in [0, 0.05) is 26.1 Å². The van der Waals surface area contributed by atoms with Gasteiger partial charge in [0.05, 0.1) is 7.11 Å². The van der Waals surface area contributed by atoms with Gasteiger partial charge in [-0.15, -0.1) is 0 Å². The number of carbonyl (C=O) groups excluding carboxylic acids is 1. The molecule has 1 aliphatic heterocycles. The fraction of sp³-hybridized carbons (Fsp3) is 0.458. The third-order valence-corrected chi connectivity index (χ3v) is 5.34. The second kappa shape index (κ2) is 11.6. The quantitative estimate of drug-likeness (QED) is 0.604. The molecule has 0 spiro atoms. The summed E-state index contributed by atoms with van der Waals surface area (Å²) in [6, 6.07) is 18.7. The number of hydrogen-bond acceptors (Lipinski definition) is 5. The van der Waals surface area contributed by atoms with Gasteiger partial charge in [0.2, 0.25) is 0 Å². The maximum absolute atomic E-state index is 11.3. The fourth-order valence-electron chi connectivity index (χ4n) is 3.65. The highest BCUT2D eigenvalue weighted by molar-refractivity contribution is 5.69. The van der Waals surface area contributed by atoms with Crippen molar-refractivity contribution in [2.75, 3.05) is 39.8 Å². The van der Waals surface area contributed by atoms with Crippen LogP contribution in [0.5, 0.6) is 5.75 Å². The van der Waals surface area contributed by atoms with Crippen molar-refractivity contribution in [1.82, 2.24) is 9.80 Å². The summed E-state index contributed by atoms with van der Waals surface area (Å²) < 4.78 is 10.6. The van der Waals surface area contributed by atoms with E-state index in [0.29, 0.717) is 13.0 Å². The van der Waals surface area contributed by atoms with Crippen LogP contribution < -0.4 is 4.74 Å². The molecule has 1 saturated heterocycles. The second-order valence-corrected chi connectivity index (χ2v) is 7.57. The van der Waals surface area contributed by atoms with Crippen molar-refractivity contribution in [3.05, 3.63) is 65.7 Å². The van der Waals surface area contributed by atoms with Crippen LogP contribution in [0.3, 0.4) is 0 Å². The highest BCUT2D eigenvalue weighted by atomic mass is 16.5. The maximum Gasteiger partial charge on any atom is 0.305 e. The lowest BCUT2D eigenvalue weighted by Crippen LogP contribution is -2.31. The van der Waals surface area contributed by atoms with Crippen molar-refractivity contribution in [2.24, 2.45) is 0 Å². The van der Waals surface area contributed by atoms with E-state index in [1.807, 2.05) is 18.2 Å². The first kappa shape index (κ1) is 21.3. The van der Waals surface area contributed by atoms with Crippen molar-refractivity contribution in [3.63, 3.8) is 0 Å². The monoisotopic (exact) mass is 396 g/mol. The Balaban J connectivity index is 1.40. The van der Waals surface area contributed by atoms with E-state index < -0.39 is 0 Å². The molecule has 0 saturated carbocycles. The Morgan fingerprint density at radius 3 is 2.38 bits per heavy atom. The van der Waals surface area contributed by atoms with Gasteiger partial charge >= 0.3 is 5.97 Å². The fourth-order valence-corrected chi connectivity index (χ4v) is 3.65.